The zero-order chi connectivity index (χ0) is 16.5. The van der Waals surface area contributed by atoms with Crippen LogP contribution in [0.3, 0.4) is 0 Å². The Morgan fingerprint density at radius 3 is 2.96 bits per heavy atom. The number of pyridine rings is 1. The molecule has 3 heterocycles. The maximum absolute atomic E-state index is 12.0. The number of rotatable bonds is 4. The number of nitrogens with one attached hydrogen (secondary N) is 1. The number of aromatic amines is 1. The number of benzene rings is 1. The largest absolute Gasteiger partial charge is 0.328 e. The van der Waals surface area contributed by atoms with Crippen LogP contribution in [0.15, 0.2) is 40.6 Å². The summed E-state index contributed by atoms with van der Waals surface area (Å²) < 4.78 is 0. The van der Waals surface area contributed by atoms with Gasteiger partial charge in [-0.25, -0.2) is 4.98 Å². The third kappa shape index (κ3) is 3.01. The van der Waals surface area contributed by atoms with Crippen molar-refractivity contribution in [2.75, 3.05) is 6.54 Å². The van der Waals surface area contributed by atoms with E-state index in [1.54, 1.807) is 11.3 Å². The van der Waals surface area contributed by atoms with E-state index in [1.165, 1.54) is 23.4 Å². The van der Waals surface area contributed by atoms with E-state index in [-0.39, 0.29) is 5.56 Å². The third-order valence-corrected chi connectivity index (χ3v) is 5.83. The van der Waals surface area contributed by atoms with Gasteiger partial charge in [-0.1, -0.05) is 18.2 Å². The van der Waals surface area contributed by atoms with Gasteiger partial charge in [-0.2, -0.15) is 0 Å². The topological polar surface area (TPSA) is 49.0 Å². The Kier molecular flexibility index (Phi) is 4.21. The number of thiazole rings is 1. The highest BCUT2D eigenvalue weighted by molar-refractivity contribution is 7.09. The molecule has 0 saturated carbocycles. The number of H-pyrrole nitrogens is 1. The van der Waals surface area contributed by atoms with Crippen LogP contribution in [0, 0.1) is 6.92 Å². The summed E-state index contributed by atoms with van der Waals surface area (Å²) in [5, 5.41) is 5.21. The maximum atomic E-state index is 12.0. The van der Waals surface area contributed by atoms with E-state index in [4.69, 9.17) is 0 Å². The summed E-state index contributed by atoms with van der Waals surface area (Å²) in [5.41, 5.74) is 2.31. The summed E-state index contributed by atoms with van der Waals surface area (Å²) in [5.74, 6) is 0. The van der Waals surface area contributed by atoms with E-state index >= 15 is 0 Å². The molecule has 1 aliphatic heterocycles. The fourth-order valence-corrected chi connectivity index (χ4v) is 4.50. The lowest BCUT2D eigenvalue weighted by Crippen LogP contribution is -2.31. The molecule has 0 spiro atoms. The molecule has 4 nitrogen and oxygen atoms in total. The summed E-state index contributed by atoms with van der Waals surface area (Å²) in [4.78, 5) is 22.1. The lowest BCUT2D eigenvalue weighted by atomic mass is 10.1. The van der Waals surface area contributed by atoms with Crippen LogP contribution in [-0.2, 0) is 13.0 Å². The van der Waals surface area contributed by atoms with Crippen molar-refractivity contribution >= 4 is 22.1 Å². The van der Waals surface area contributed by atoms with E-state index < -0.39 is 0 Å². The molecule has 1 aromatic carbocycles. The molecule has 1 fully saturated rings. The highest BCUT2D eigenvalue weighted by atomic mass is 32.1. The van der Waals surface area contributed by atoms with E-state index in [0.29, 0.717) is 6.04 Å². The number of hydrogen-bond donors (Lipinski definition) is 1. The molecule has 1 atom stereocenters. The minimum absolute atomic E-state index is 0.00872. The molecule has 124 valence electrons. The molecule has 3 aromatic rings. The number of nitrogens with zero attached hydrogens (tertiary/aromatic N) is 2. The van der Waals surface area contributed by atoms with Crippen LogP contribution in [-0.4, -0.2) is 27.5 Å². The molecule has 0 bridgehead atoms. The smallest absolute Gasteiger partial charge is 0.255 e. The number of hydrogen-bond acceptors (Lipinski definition) is 4. The first-order chi connectivity index (χ1) is 11.7. The first-order valence-corrected chi connectivity index (χ1v) is 9.33. The van der Waals surface area contributed by atoms with Crippen LogP contribution in [0.25, 0.3) is 10.8 Å². The van der Waals surface area contributed by atoms with Crippen LogP contribution in [0.1, 0.15) is 29.1 Å². The van der Waals surface area contributed by atoms with Crippen LogP contribution >= 0.6 is 11.3 Å². The van der Waals surface area contributed by atoms with Crippen molar-refractivity contribution < 1.29 is 0 Å². The minimum atomic E-state index is -0.00872. The second-order valence-corrected chi connectivity index (χ2v) is 7.48. The van der Waals surface area contributed by atoms with E-state index in [0.717, 1.165) is 36.0 Å². The Bertz CT molecular complexity index is 914. The van der Waals surface area contributed by atoms with E-state index in [1.807, 2.05) is 24.4 Å². The monoisotopic (exact) mass is 339 g/mol. The third-order valence-electron chi connectivity index (χ3n) is 4.84. The fraction of sp³-hybridized carbons (Fsp3) is 0.368. The molecule has 2 aromatic heterocycles. The van der Waals surface area contributed by atoms with Gasteiger partial charge in [0, 0.05) is 41.7 Å². The lowest BCUT2D eigenvalue weighted by Gasteiger charge is -2.24. The number of aryl methyl sites for hydroxylation is 1. The standard InChI is InChI=1S/C19H21N3OS/c1-13-12-24-18(21-13)9-15-5-4-8-22(15)11-14-10-20-19(23)17-7-3-2-6-16(14)17/h2-3,6-7,10,12,15H,4-5,8-9,11H2,1H3,(H,20,23). The molecule has 24 heavy (non-hydrogen) atoms. The summed E-state index contributed by atoms with van der Waals surface area (Å²) in [7, 11) is 0. The molecule has 1 saturated heterocycles. The van der Waals surface area contributed by atoms with Gasteiger partial charge >= 0.3 is 0 Å². The second-order valence-electron chi connectivity index (χ2n) is 6.54. The van der Waals surface area contributed by atoms with Crippen molar-refractivity contribution in [3.63, 3.8) is 0 Å². The second kappa shape index (κ2) is 6.49. The van der Waals surface area contributed by atoms with Gasteiger partial charge in [0.25, 0.3) is 5.56 Å². The van der Waals surface area contributed by atoms with Crippen molar-refractivity contribution in [1.82, 2.24) is 14.9 Å². The predicted octanol–water partition coefficient (Wildman–Crippen LogP) is 3.50. The van der Waals surface area contributed by atoms with Crippen molar-refractivity contribution in [2.24, 2.45) is 0 Å². The Hall–Kier alpha value is -1.98. The van der Waals surface area contributed by atoms with Gasteiger partial charge in [-0.3, -0.25) is 9.69 Å². The molecule has 0 amide bonds. The quantitative estimate of drug-likeness (QED) is 0.791. The molecular formula is C19H21N3OS. The Morgan fingerprint density at radius 1 is 1.33 bits per heavy atom. The van der Waals surface area contributed by atoms with Gasteiger partial charge in [0.2, 0.25) is 0 Å². The zero-order valence-electron chi connectivity index (χ0n) is 13.8. The van der Waals surface area contributed by atoms with Crippen LogP contribution in [0.4, 0.5) is 0 Å². The first kappa shape index (κ1) is 15.5. The van der Waals surface area contributed by atoms with Crippen LogP contribution < -0.4 is 5.56 Å². The van der Waals surface area contributed by atoms with Gasteiger partial charge in [-0.05, 0) is 43.3 Å². The van der Waals surface area contributed by atoms with Crippen LogP contribution in [0.5, 0.6) is 0 Å². The highest BCUT2D eigenvalue weighted by Crippen LogP contribution is 2.26. The number of aromatic nitrogens is 2. The van der Waals surface area contributed by atoms with Gasteiger partial charge in [0.1, 0.15) is 0 Å². The molecule has 0 radical (unpaired) electrons. The fourth-order valence-electron chi connectivity index (χ4n) is 3.65. The van der Waals surface area contributed by atoms with Gasteiger partial charge < -0.3 is 4.98 Å². The molecular weight excluding hydrogens is 318 g/mol. The molecule has 0 aliphatic carbocycles. The van der Waals surface area contributed by atoms with Crippen LogP contribution in [0.2, 0.25) is 0 Å². The Balaban J connectivity index is 1.58. The molecule has 1 unspecified atom stereocenters. The molecule has 1 aliphatic rings. The molecule has 1 N–H and O–H groups in total. The SMILES string of the molecule is Cc1csc(CC2CCCN2Cc2c[nH]c(=O)c3ccccc23)n1. The molecule has 5 heteroatoms. The summed E-state index contributed by atoms with van der Waals surface area (Å²) >= 11 is 1.76. The first-order valence-electron chi connectivity index (χ1n) is 8.45. The van der Waals surface area contributed by atoms with E-state index in [9.17, 15) is 4.79 Å². The number of fused-ring (bicyclic) bond motifs is 1. The normalized spacial score (nSPS) is 18.5. The van der Waals surface area contributed by atoms with Crippen molar-refractivity contribution in [1.29, 1.82) is 0 Å². The summed E-state index contributed by atoms with van der Waals surface area (Å²) in [6.45, 7) is 4.05. The number of likely N-dealkylation sites (tertiary alicyclic amines) is 1. The predicted molar refractivity (Wildman–Crippen MR) is 98.6 cm³/mol. The van der Waals surface area contributed by atoms with Crippen molar-refractivity contribution in [2.45, 2.75) is 38.8 Å². The Morgan fingerprint density at radius 2 is 2.17 bits per heavy atom. The van der Waals surface area contributed by atoms with Gasteiger partial charge in [0.15, 0.2) is 0 Å². The van der Waals surface area contributed by atoms with Crippen molar-refractivity contribution in [3.05, 3.63) is 62.5 Å². The van der Waals surface area contributed by atoms with Gasteiger partial charge in [0.05, 0.1) is 5.01 Å². The highest BCUT2D eigenvalue weighted by Gasteiger charge is 2.26. The summed E-state index contributed by atoms with van der Waals surface area (Å²) in [6.07, 6.45) is 5.36. The van der Waals surface area contributed by atoms with Crippen molar-refractivity contribution in [3.8, 4) is 0 Å². The van der Waals surface area contributed by atoms with Gasteiger partial charge in [-0.15, -0.1) is 11.3 Å². The minimum Gasteiger partial charge on any atom is -0.328 e. The summed E-state index contributed by atoms with van der Waals surface area (Å²) in [6, 6.07) is 8.42. The lowest BCUT2D eigenvalue weighted by molar-refractivity contribution is 0.244. The Labute approximate surface area is 145 Å². The zero-order valence-corrected chi connectivity index (χ0v) is 14.6. The molecule has 4 rings (SSSR count). The average molecular weight is 339 g/mol. The maximum Gasteiger partial charge on any atom is 0.255 e. The van der Waals surface area contributed by atoms with E-state index in [2.05, 4.69) is 33.2 Å². The average Bonchev–Trinajstić information content (AvgIpc) is 3.20.